The average molecular weight is 240 g/mol. The summed E-state index contributed by atoms with van der Waals surface area (Å²) in [5, 5.41) is 8.75. The highest BCUT2D eigenvalue weighted by Crippen LogP contribution is 2.12. The second kappa shape index (κ2) is 5.69. The predicted octanol–water partition coefficient (Wildman–Crippen LogP) is 1.80. The number of aromatic nitrogens is 1. The van der Waals surface area contributed by atoms with Crippen LogP contribution in [0.3, 0.4) is 0 Å². The van der Waals surface area contributed by atoms with E-state index in [4.69, 9.17) is 10.00 Å². The molecule has 0 N–H and O–H groups in total. The first-order valence-electron chi connectivity index (χ1n) is 5.58. The lowest BCUT2D eigenvalue weighted by atomic mass is 10.2. The van der Waals surface area contributed by atoms with E-state index < -0.39 is 0 Å². The quantitative estimate of drug-likeness (QED) is 0.818. The van der Waals surface area contributed by atoms with Crippen LogP contribution in [-0.2, 0) is 6.54 Å². The Kier molecular flexibility index (Phi) is 3.77. The van der Waals surface area contributed by atoms with Gasteiger partial charge in [-0.1, -0.05) is 12.1 Å². The summed E-state index contributed by atoms with van der Waals surface area (Å²) >= 11 is 0. The minimum Gasteiger partial charge on any atom is -0.492 e. The highest BCUT2D eigenvalue weighted by atomic mass is 16.5. The molecule has 18 heavy (non-hydrogen) atoms. The van der Waals surface area contributed by atoms with E-state index in [1.807, 2.05) is 6.07 Å². The SMILES string of the molecule is N#Cc1cccc(OCCn2ccccc2=O)c1. The predicted molar refractivity (Wildman–Crippen MR) is 67.4 cm³/mol. The van der Waals surface area contributed by atoms with Crippen molar-refractivity contribution in [2.24, 2.45) is 0 Å². The van der Waals surface area contributed by atoms with Crippen LogP contribution in [0.1, 0.15) is 5.56 Å². The first kappa shape index (κ1) is 11.9. The van der Waals surface area contributed by atoms with Gasteiger partial charge in [0, 0.05) is 12.3 Å². The van der Waals surface area contributed by atoms with E-state index in [2.05, 4.69) is 0 Å². The van der Waals surface area contributed by atoms with Gasteiger partial charge in [-0.3, -0.25) is 4.79 Å². The summed E-state index contributed by atoms with van der Waals surface area (Å²) in [5.74, 6) is 0.637. The molecule has 0 saturated carbocycles. The zero-order valence-electron chi connectivity index (χ0n) is 9.74. The molecule has 0 spiro atoms. The van der Waals surface area contributed by atoms with Crippen molar-refractivity contribution >= 4 is 0 Å². The largest absolute Gasteiger partial charge is 0.492 e. The van der Waals surface area contributed by atoms with E-state index in [1.165, 1.54) is 6.07 Å². The highest BCUT2D eigenvalue weighted by molar-refractivity contribution is 5.36. The number of nitrogens with zero attached hydrogens (tertiary/aromatic N) is 2. The van der Waals surface area contributed by atoms with Crippen molar-refractivity contribution in [2.45, 2.75) is 6.54 Å². The van der Waals surface area contributed by atoms with Crippen LogP contribution in [0.15, 0.2) is 53.5 Å². The molecule has 2 aromatic rings. The molecule has 0 bridgehead atoms. The monoisotopic (exact) mass is 240 g/mol. The fourth-order valence-electron chi connectivity index (χ4n) is 1.56. The Hall–Kier alpha value is -2.54. The summed E-state index contributed by atoms with van der Waals surface area (Å²) in [4.78, 5) is 11.4. The van der Waals surface area contributed by atoms with Crippen molar-refractivity contribution in [3.05, 3.63) is 64.6 Å². The molecular weight excluding hydrogens is 228 g/mol. The van der Waals surface area contributed by atoms with Crippen LogP contribution < -0.4 is 10.3 Å². The van der Waals surface area contributed by atoms with Crippen molar-refractivity contribution in [2.75, 3.05) is 6.61 Å². The van der Waals surface area contributed by atoms with Gasteiger partial charge in [-0.25, -0.2) is 0 Å². The molecule has 1 aromatic carbocycles. The van der Waals surface area contributed by atoms with Crippen LogP contribution in [0.2, 0.25) is 0 Å². The number of benzene rings is 1. The number of hydrogen-bond donors (Lipinski definition) is 0. The van der Waals surface area contributed by atoms with E-state index in [1.54, 1.807) is 47.2 Å². The minimum absolute atomic E-state index is 0.0492. The maximum atomic E-state index is 11.4. The van der Waals surface area contributed by atoms with Crippen LogP contribution in [0.4, 0.5) is 0 Å². The Bertz CT molecular complexity index is 626. The molecule has 0 aliphatic heterocycles. The second-order valence-electron chi connectivity index (χ2n) is 3.72. The smallest absolute Gasteiger partial charge is 0.250 e. The fraction of sp³-hybridized carbons (Fsp3) is 0.143. The molecule has 1 aromatic heterocycles. The van der Waals surface area contributed by atoms with Gasteiger partial charge >= 0.3 is 0 Å². The Morgan fingerprint density at radius 2 is 2.11 bits per heavy atom. The van der Waals surface area contributed by atoms with Gasteiger partial charge in [-0.2, -0.15) is 5.26 Å². The first-order valence-corrected chi connectivity index (χ1v) is 5.58. The number of nitriles is 1. The third kappa shape index (κ3) is 2.98. The molecule has 4 nitrogen and oxygen atoms in total. The van der Waals surface area contributed by atoms with Gasteiger partial charge in [0.15, 0.2) is 0 Å². The van der Waals surface area contributed by atoms with Crippen molar-refractivity contribution in [1.82, 2.24) is 4.57 Å². The number of rotatable bonds is 4. The third-order valence-corrected chi connectivity index (χ3v) is 2.46. The summed E-state index contributed by atoms with van der Waals surface area (Å²) in [6.45, 7) is 0.870. The molecule has 4 heteroatoms. The molecule has 0 aliphatic rings. The second-order valence-corrected chi connectivity index (χ2v) is 3.72. The third-order valence-electron chi connectivity index (χ3n) is 2.46. The number of pyridine rings is 1. The summed E-state index contributed by atoms with van der Waals surface area (Å²) in [7, 11) is 0. The molecule has 90 valence electrons. The molecule has 1 heterocycles. The molecular formula is C14H12N2O2. The van der Waals surface area contributed by atoms with Crippen molar-refractivity contribution in [3.63, 3.8) is 0 Å². The van der Waals surface area contributed by atoms with Crippen molar-refractivity contribution < 1.29 is 4.74 Å². The van der Waals surface area contributed by atoms with Gasteiger partial charge in [0.2, 0.25) is 0 Å². The number of ether oxygens (including phenoxy) is 1. The lowest BCUT2D eigenvalue weighted by Gasteiger charge is -2.07. The fourth-order valence-corrected chi connectivity index (χ4v) is 1.56. The zero-order chi connectivity index (χ0) is 12.8. The summed E-state index contributed by atoms with van der Waals surface area (Å²) in [5.41, 5.74) is 0.510. The Morgan fingerprint density at radius 1 is 1.22 bits per heavy atom. The van der Waals surface area contributed by atoms with Crippen LogP contribution in [0.5, 0.6) is 5.75 Å². The molecule has 0 unspecified atom stereocenters. The Labute approximate surface area is 105 Å². The topological polar surface area (TPSA) is 55.0 Å². The van der Waals surface area contributed by atoms with Gasteiger partial charge in [-0.15, -0.1) is 0 Å². The lowest BCUT2D eigenvalue weighted by molar-refractivity contribution is 0.296. The molecule has 0 amide bonds. The van der Waals surface area contributed by atoms with Gasteiger partial charge < -0.3 is 9.30 Å². The van der Waals surface area contributed by atoms with Gasteiger partial charge in [0.1, 0.15) is 12.4 Å². The lowest BCUT2D eigenvalue weighted by Crippen LogP contribution is -2.21. The van der Waals surface area contributed by atoms with Crippen molar-refractivity contribution in [3.8, 4) is 11.8 Å². The number of hydrogen-bond acceptors (Lipinski definition) is 3. The summed E-state index contributed by atoms with van der Waals surface area (Å²) in [6, 6.07) is 14.0. The molecule has 0 radical (unpaired) electrons. The molecule has 0 aliphatic carbocycles. The minimum atomic E-state index is -0.0492. The normalized spacial score (nSPS) is 9.72. The average Bonchev–Trinajstić information content (AvgIpc) is 2.41. The zero-order valence-corrected chi connectivity index (χ0v) is 9.74. The van der Waals surface area contributed by atoms with E-state index in [0.29, 0.717) is 24.5 Å². The van der Waals surface area contributed by atoms with E-state index >= 15 is 0 Å². The van der Waals surface area contributed by atoms with Crippen molar-refractivity contribution in [1.29, 1.82) is 5.26 Å². The van der Waals surface area contributed by atoms with Crippen LogP contribution in [0, 0.1) is 11.3 Å². The maximum Gasteiger partial charge on any atom is 0.250 e. The van der Waals surface area contributed by atoms with E-state index in [9.17, 15) is 4.79 Å². The molecule has 2 rings (SSSR count). The Morgan fingerprint density at radius 3 is 2.89 bits per heavy atom. The molecule has 0 atom stereocenters. The molecule has 0 fully saturated rings. The Balaban J connectivity index is 1.95. The van der Waals surface area contributed by atoms with Crippen LogP contribution in [-0.4, -0.2) is 11.2 Å². The van der Waals surface area contributed by atoms with Crippen LogP contribution in [0.25, 0.3) is 0 Å². The first-order chi connectivity index (χ1) is 8.79. The van der Waals surface area contributed by atoms with Gasteiger partial charge in [0.25, 0.3) is 5.56 Å². The van der Waals surface area contributed by atoms with Gasteiger partial charge in [-0.05, 0) is 24.3 Å². The maximum absolute atomic E-state index is 11.4. The van der Waals surface area contributed by atoms with Gasteiger partial charge in [0.05, 0.1) is 18.2 Å². The van der Waals surface area contributed by atoms with E-state index in [0.717, 1.165) is 0 Å². The molecule has 0 saturated heterocycles. The van der Waals surface area contributed by atoms with E-state index in [-0.39, 0.29) is 5.56 Å². The summed E-state index contributed by atoms with van der Waals surface area (Å²) < 4.78 is 7.07. The summed E-state index contributed by atoms with van der Waals surface area (Å²) in [6.07, 6.45) is 1.72. The van der Waals surface area contributed by atoms with Crippen LogP contribution >= 0.6 is 0 Å². The highest BCUT2D eigenvalue weighted by Gasteiger charge is 1.97. The standard InChI is InChI=1S/C14H12N2O2/c15-11-12-4-3-5-13(10-12)18-9-8-16-7-2-1-6-14(16)17/h1-7,10H,8-9H2.